The summed E-state index contributed by atoms with van der Waals surface area (Å²) in [6.45, 7) is 4.53. The number of carbonyl (C=O) groups is 1. The fourth-order valence-electron chi connectivity index (χ4n) is 6.61. The van der Waals surface area contributed by atoms with Crippen LogP contribution in [-0.4, -0.2) is 24.2 Å². The molecule has 1 spiro atoms. The molecule has 196 valence electrons. The quantitative estimate of drug-likeness (QED) is 0.383. The van der Waals surface area contributed by atoms with Crippen molar-refractivity contribution in [1.29, 1.82) is 0 Å². The molecule has 3 aliphatic rings. The van der Waals surface area contributed by atoms with Gasteiger partial charge < -0.3 is 4.90 Å². The Hall–Kier alpha value is -3.61. The second-order valence-corrected chi connectivity index (χ2v) is 10.9. The normalized spacial score (nSPS) is 24.9. The summed E-state index contributed by atoms with van der Waals surface area (Å²) in [7, 11) is 0. The summed E-state index contributed by atoms with van der Waals surface area (Å²) in [6.07, 6.45) is -1.64. The van der Waals surface area contributed by atoms with Crippen LogP contribution < -0.4 is 9.91 Å². The third-order valence-electron chi connectivity index (χ3n) is 8.58. The van der Waals surface area contributed by atoms with Gasteiger partial charge in [0.05, 0.1) is 17.0 Å². The van der Waals surface area contributed by atoms with Crippen LogP contribution in [0.3, 0.4) is 0 Å². The average molecular weight is 518 g/mol. The first kappa shape index (κ1) is 24.7. The van der Waals surface area contributed by atoms with Gasteiger partial charge in [-0.15, -0.1) is 0 Å². The first-order chi connectivity index (χ1) is 18.2. The Kier molecular flexibility index (Phi) is 5.85. The van der Waals surface area contributed by atoms with E-state index in [9.17, 15) is 18.0 Å². The van der Waals surface area contributed by atoms with Crippen LogP contribution in [0.15, 0.2) is 77.9 Å². The lowest BCUT2D eigenvalue weighted by molar-refractivity contribution is -0.137. The number of carbonyl (C=O) groups excluding carboxylic acids is 1. The minimum atomic E-state index is -4.45. The number of benzene rings is 3. The Bertz CT molecular complexity index is 1400. The predicted octanol–water partition coefficient (Wildman–Crippen LogP) is 6.81. The number of amides is 1. The largest absolute Gasteiger partial charge is 0.416 e. The van der Waals surface area contributed by atoms with E-state index < -0.39 is 17.2 Å². The monoisotopic (exact) mass is 517 g/mol. The number of hydrogen-bond donors (Lipinski definition) is 0. The minimum Gasteiger partial charge on any atom is -0.367 e. The standard InChI is InChI=1S/C31H30F3N3O/c1-20-8-11-26(12-9-20)37-29(38)30(21(2)35-37)19-24-18-25(31(32,33)34)10-13-27(24)36-15-14-23(17-28(30)36)16-22-6-4-3-5-7-22/h3-13,18,23,28H,14-17,19H2,1-2H3/t23-,28+,30+/m0/s1. The maximum atomic E-state index is 14.4. The van der Waals surface area contributed by atoms with Crippen molar-refractivity contribution < 1.29 is 18.0 Å². The van der Waals surface area contributed by atoms with E-state index in [0.29, 0.717) is 29.4 Å². The van der Waals surface area contributed by atoms with Crippen LogP contribution in [0.25, 0.3) is 0 Å². The topological polar surface area (TPSA) is 35.9 Å². The Morgan fingerprint density at radius 2 is 1.74 bits per heavy atom. The molecule has 3 aliphatic heterocycles. The van der Waals surface area contributed by atoms with Gasteiger partial charge in [0.15, 0.2) is 0 Å². The molecule has 1 fully saturated rings. The second kappa shape index (κ2) is 9.00. The zero-order valence-corrected chi connectivity index (χ0v) is 21.5. The number of halogens is 3. The molecule has 1 amide bonds. The van der Waals surface area contributed by atoms with Gasteiger partial charge in [0.1, 0.15) is 5.41 Å². The van der Waals surface area contributed by atoms with E-state index in [1.807, 2.05) is 56.3 Å². The van der Waals surface area contributed by atoms with E-state index >= 15 is 0 Å². The molecular weight excluding hydrogens is 487 g/mol. The summed E-state index contributed by atoms with van der Waals surface area (Å²) in [5.74, 6) is 0.206. The number of fused-ring (bicyclic) bond motifs is 4. The van der Waals surface area contributed by atoms with Crippen LogP contribution in [0.2, 0.25) is 0 Å². The number of piperidine rings is 1. The summed E-state index contributed by atoms with van der Waals surface area (Å²) in [5, 5.41) is 6.21. The third-order valence-corrected chi connectivity index (χ3v) is 8.58. The van der Waals surface area contributed by atoms with Crippen molar-refractivity contribution in [3.63, 3.8) is 0 Å². The number of nitrogens with zero attached hydrogens (tertiary/aromatic N) is 3. The third kappa shape index (κ3) is 3.99. The molecule has 38 heavy (non-hydrogen) atoms. The van der Waals surface area contributed by atoms with Crippen LogP contribution >= 0.6 is 0 Å². The molecule has 0 saturated carbocycles. The van der Waals surface area contributed by atoms with E-state index in [0.717, 1.165) is 30.5 Å². The molecular formula is C31H30F3N3O. The van der Waals surface area contributed by atoms with Crippen molar-refractivity contribution >= 4 is 23.0 Å². The highest BCUT2D eigenvalue weighted by atomic mass is 19.4. The van der Waals surface area contributed by atoms with Crippen molar-refractivity contribution in [1.82, 2.24) is 0 Å². The molecule has 0 aliphatic carbocycles. The van der Waals surface area contributed by atoms with Gasteiger partial charge in [-0.1, -0.05) is 48.0 Å². The first-order valence-corrected chi connectivity index (χ1v) is 13.1. The van der Waals surface area contributed by atoms with Crippen LogP contribution in [0.1, 0.15) is 42.0 Å². The number of alkyl halides is 3. The van der Waals surface area contributed by atoms with Crippen molar-refractivity contribution in [2.75, 3.05) is 16.5 Å². The molecule has 0 radical (unpaired) electrons. The summed E-state index contributed by atoms with van der Waals surface area (Å²) >= 11 is 0. The number of hydrogen-bond acceptors (Lipinski definition) is 3. The van der Waals surface area contributed by atoms with Crippen molar-refractivity contribution in [3.8, 4) is 0 Å². The van der Waals surface area contributed by atoms with Gasteiger partial charge in [-0.3, -0.25) is 4.79 Å². The van der Waals surface area contributed by atoms with E-state index in [1.54, 1.807) is 6.07 Å². The molecule has 3 atom stereocenters. The molecule has 0 bridgehead atoms. The molecule has 0 unspecified atom stereocenters. The summed E-state index contributed by atoms with van der Waals surface area (Å²) in [5.41, 5.74) is 3.35. The minimum absolute atomic E-state index is 0.155. The molecule has 0 N–H and O–H groups in total. The molecule has 3 heterocycles. The molecule has 4 nitrogen and oxygen atoms in total. The predicted molar refractivity (Wildman–Crippen MR) is 143 cm³/mol. The van der Waals surface area contributed by atoms with Crippen molar-refractivity contribution in [3.05, 3.63) is 95.1 Å². The summed E-state index contributed by atoms with van der Waals surface area (Å²) < 4.78 is 41.0. The van der Waals surface area contributed by atoms with E-state index in [2.05, 4.69) is 17.0 Å². The Labute approximate surface area is 220 Å². The van der Waals surface area contributed by atoms with Crippen LogP contribution in [0.5, 0.6) is 0 Å². The highest BCUT2D eigenvalue weighted by molar-refractivity contribution is 6.20. The van der Waals surface area contributed by atoms with Crippen molar-refractivity contribution in [2.24, 2.45) is 16.4 Å². The molecule has 3 aromatic rings. The lowest BCUT2D eigenvalue weighted by Gasteiger charge is -2.52. The zero-order valence-electron chi connectivity index (χ0n) is 21.5. The van der Waals surface area contributed by atoms with Gasteiger partial charge >= 0.3 is 6.18 Å². The van der Waals surface area contributed by atoms with Crippen LogP contribution in [0.4, 0.5) is 24.5 Å². The highest BCUT2D eigenvalue weighted by Crippen LogP contribution is 2.51. The summed E-state index contributed by atoms with van der Waals surface area (Å²) in [6, 6.07) is 21.8. The number of anilines is 2. The number of aryl methyl sites for hydroxylation is 1. The number of hydrazone groups is 1. The maximum Gasteiger partial charge on any atom is 0.416 e. The van der Waals surface area contributed by atoms with E-state index in [4.69, 9.17) is 5.10 Å². The van der Waals surface area contributed by atoms with Gasteiger partial charge in [-0.05, 0) is 86.9 Å². The van der Waals surface area contributed by atoms with E-state index in [-0.39, 0.29) is 18.4 Å². The zero-order chi connectivity index (χ0) is 26.7. The maximum absolute atomic E-state index is 14.4. The Balaban J connectivity index is 1.43. The Morgan fingerprint density at radius 3 is 2.45 bits per heavy atom. The Morgan fingerprint density at radius 1 is 1.00 bits per heavy atom. The smallest absolute Gasteiger partial charge is 0.367 e. The molecule has 1 saturated heterocycles. The lowest BCUT2D eigenvalue weighted by Crippen LogP contribution is -2.62. The van der Waals surface area contributed by atoms with Gasteiger partial charge in [0, 0.05) is 18.3 Å². The van der Waals surface area contributed by atoms with Gasteiger partial charge in [0.25, 0.3) is 5.91 Å². The van der Waals surface area contributed by atoms with Crippen LogP contribution in [0, 0.1) is 18.3 Å². The summed E-state index contributed by atoms with van der Waals surface area (Å²) in [4.78, 5) is 16.5. The molecule has 6 rings (SSSR count). The van der Waals surface area contributed by atoms with Gasteiger partial charge in [0.2, 0.25) is 0 Å². The highest BCUT2D eigenvalue weighted by Gasteiger charge is 2.60. The van der Waals surface area contributed by atoms with Crippen LogP contribution in [-0.2, 0) is 23.8 Å². The molecule has 3 aromatic carbocycles. The van der Waals surface area contributed by atoms with E-state index in [1.165, 1.54) is 22.7 Å². The molecule has 0 aromatic heterocycles. The lowest BCUT2D eigenvalue weighted by atomic mass is 9.63. The fraction of sp³-hybridized carbons (Fsp3) is 0.355. The van der Waals surface area contributed by atoms with Crippen molar-refractivity contribution in [2.45, 2.75) is 51.7 Å². The number of rotatable bonds is 3. The average Bonchev–Trinajstić information content (AvgIpc) is 3.14. The fourth-order valence-corrected chi connectivity index (χ4v) is 6.61. The first-order valence-electron chi connectivity index (χ1n) is 13.1. The second-order valence-electron chi connectivity index (χ2n) is 10.9. The molecule has 7 heteroatoms. The van der Waals surface area contributed by atoms with Gasteiger partial charge in [-0.2, -0.15) is 23.3 Å². The SMILES string of the molecule is CC1=NN(c2ccc(C)cc2)C(=O)[C@]12Cc1cc(C(F)(F)F)ccc1N1CC[C@@H](Cc3ccccc3)C[C@@H]12. The van der Waals surface area contributed by atoms with Gasteiger partial charge in [-0.25, -0.2) is 0 Å².